The summed E-state index contributed by atoms with van der Waals surface area (Å²) in [5.74, 6) is 0.636. The molecular weight excluding hydrogens is 312 g/mol. The first kappa shape index (κ1) is 15.2. The molecule has 3 rings (SSSR count). The molecule has 2 N–H and O–H groups in total. The van der Waals surface area contributed by atoms with Crippen LogP contribution in [-0.4, -0.2) is 24.1 Å². The minimum absolute atomic E-state index is 0.0225. The molecule has 0 saturated heterocycles. The van der Waals surface area contributed by atoms with Gasteiger partial charge in [-0.25, -0.2) is 13.4 Å². The van der Waals surface area contributed by atoms with Crippen LogP contribution in [0.4, 0.5) is 17.2 Å². The third-order valence-corrected chi connectivity index (χ3v) is 4.62. The number of hydrogen-bond donors (Lipinski definition) is 2. The molecule has 3 aromatic rings. The summed E-state index contributed by atoms with van der Waals surface area (Å²) in [6.07, 6.45) is 3.22. The number of para-hydroxylation sites is 1. The zero-order chi connectivity index (χ0) is 16.3. The minimum Gasteiger partial charge on any atom is -0.338 e. The van der Waals surface area contributed by atoms with Gasteiger partial charge in [0.1, 0.15) is 5.82 Å². The Hall–Kier alpha value is -2.67. The number of nitrogens with zero attached hydrogens (tertiary/aromatic N) is 2. The smallest absolute Gasteiger partial charge is 0.232 e. The number of hydrogen-bond acceptors (Lipinski definition) is 5. The fourth-order valence-electron chi connectivity index (χ4n) is 2.12. The zero-order valence-corrected chi connectivity index (χ0v) is 13.3. The monoisotopic (exact) mass is 328 g/mol. The van der Waals surface area contributed by atoms with Gasteiger partial charge in [0.2, 0.25) is 10.0 Å². The second-order valence-corrected chi connectivity index (χ2v) is 6.95. The molecule has 0 saturated carbocycles. The molecule has 0 aliphatic rings. The molecule has 118 valence electrons. The van der Waals surface area contributed by atoms with Crippen LogP contribution in [-0.2, 0) is 10.0 Å². The predicted octanol–water partition coefficient (Wildman–Crippen LogP) is 3.14. The van der Waals surface area contributed by atoms with E-state index in [1.807, 2.05) is 30.3 Å². The van der Waals surface area contributed by atoms with E-state index in [9.17, 15) is 8.42 Å². The minimum atomic E-state index is -3.29. The van der Waals surface area contributed by atoms with Gasteiger partial charge in [-0.15, -0.1) is 0 Å². The Balaban J connectivity index is 1.83. The van der Waals surface area contributed by atoms with Crippen LogP contribution < -0.4 is 10.0 Å². The topological polar surface area (TPSA) is 84.0 Å². The van der Waals surface area contributed by atoms with Crippen LogP contribution in [0.5, 0.6) is 0 Å². The van der Waals surface area contributed by atoms with Crippen LogP contribution in [0.1, 0.15) is 6.92 Å². The van der Waals surface area contributed by atoms with Gasteiger partial charge in [0.05, 0.1) is 28.8 Å². The SMILES string of the molecule is CCS(=O)(=O)Nc1ccc(Nc2cccc3cccnc23)nc1. The summed E-state index contributed by atoms with van der Waals surface area (Å²) in [6.45, 7) is 1.58. The lowest BCUT2D eigenvalue weighted by Gasteiger charge is -2.09. The van der Waals surface area contributed by atoms with Crippen molar-refractivity contribution >= 4 is 38.1 Å². The maximum atomic E-state index is 11.5. The van der Waals surface area contributed by atoms with Crippen molar-refractivity contribution in [3.05, 3.63) is 54.9 Å². The van der Waals surface area contributed by atoms with Crippen molar-refractivity contribution in [3.8, 4) is 0 Å². The van der Waals surface area contributed by atoms with E-state index < -0.39 is 10.0 Å². The first-order valence-electron chi connectivity index (χ1n) is 7.15. The molecular formula is C16H16N4O2S. The van der Waals surface area contributed by atoms with Crippen LogP contribution >= 0.6 is 0 Å². The Morgan fingerprint density at radius 3 is 2.61 bits per heavy atom. The largest absolute Gasteiger partial charge is 0.338 e. The molecule has 6 nitrogen and oxygen atoms in total. The first-order chi connectivity index (χ1) is 11.1. The van der Waals surface area contributed by atoms with E-state index in [2.05, 4.69) is 20.0 Å². The number of sulfonamides is 1. The summed E-state index contributed by atoms with van der Waals surface area (Å²) < 4.78 is 25.5. The quantitative estimate of drug-likeness (QED) is 0.752. The van der Waals surface area contributed by atoms with Gasteiger partial charge in [0.25, 0.3) is 0 Å². The predicted molar refractivity (Wildman–Crippen MR) is 92.3 cm³/mol. The summed E-state index contributed by atoms with van der Waals surface area (Å²) in [4.78, 5) is 8.61. The van der Waals surface area contributed by atoms with Crippen molar-refractivity contribution in [2.75, 3.05) is 15.8 Å². The van der Waals surface area contributed by atoms with Crippen LogP contribution in [0.2, 0.25) is 0 Å². The molecule has 0 unspecified atom stereocenters. The Morgan fingerprint density at radius 2 is 1.87 bits per heavy atom. The maximum absolute atomic E-state index is 11.5. The zero-order valence-electron chi connectivity index (χ0n) is 12.5. The molecule has 0 spiro atoms. The Morgan fingerprint density at radius 1 is 1.04 bits per heavy atom. The molecule has 7 heteroatoms. The van der Waals surface area contributed by atoms with E-state index in [1.54, 1.807) is 25.3 Å². The number of fused-ring (bicyclic) bond motifs is 1. The van der Waals surface area contributed by atoms with Gasteiger partial charge < -0.3 is 5.32 Å². The van der Waals surface area contributed by atoms with Crippen molar-refractivity contribution in [1.82, 2.24) is 9.97 Å². The fourth-order valence-corrected chi connectivity index (χ4v) is 2.75. The number of anilines is 3. The van der Waals surface area contributed by atoms with Gasteiger partial charge in [-0.2, -0.15) is 0 Å². The van der Waals surface area contributed by atoms with Crippen molar-refractivity contribution in [2.24, 2.45) is 0 Å². The first-order valence-corrected chi connectivity index (χ1v) is 8.80. The summed E-state index contributed by atoms with van der Waals surface area (Å²) in [5.41, 5.74) is 2.14. The average molecular weight is 328 g/mol. The van der Waals surface area contributed by atoms with Crippen LogP contribution in [0, 0.1) is 0 Å². The average Bonchev–Trinajstić information content (AvgIpc) is 2.57. The van der Waals surface area contributed by atoms with Crippen molar-refractivity contribution in [3.63, 3.8) is 0 Å². The highest BCUT2D eigenvalue weighted by Crippen LogP contribution is 2.24. The highest BCUT2D eigenvalue weighted by molar-refractivity contribution is 7.92. The Bertz CT molecular complexity index is 919. The lowest BCUT2D eigenvalue weighted by Crippen LogP contribution is -2.14. The normalized spacial score (nSPS) is 11.3. The van der Waals surface area contributed by atoms with E-state index in [0.29, 0.717) is 11.5 Å². The van der Waals surface area contributed by atoms with Gasteiger partial charge in [0.15, 0.2) is 0 Å². The molecule has 2 heterocycles. The molecule has 0 fully saturated rings. The maximum Gasteiger partial charge on any atom is 0.232 e. The molecule has 2 aromatic heterocycles. The van der Waals surface area contributed by atoms with Gasteiger partial charge in [-0.3, -0.25) is 9.71 Å². The third-order valence-electron chi connectivity index (χ3n) is 3.31. The number of pyridine rings is 2. The molecule has 0 radical (unpaired) electrons. The summed E-state index contributed by atoms with van der Waals surface area (Å²) >= 11 is 0. The number of nitrogens with one attached hydrogen (secondary N) is 2. The summed E-state index contributed by atoms with van der Waals surface area (Å²) in [7, 11) is -3.29. The van der Waals surface area contributed by atoms with Crippen LogP contribution in [0.3, 0.4) is 0 Å². The lowest BCUT2D eigenvalue weighted by molar-refractivity contribution is 0.602. The number of aromatic nitrogens is 2. The van der Waals surface area contributed by atoms with Crippen molar-refractivity contribution in [1.29, 1.82) is 0 Å². The molecule has 0 aliphatic heterocycles. The summed E-state index contributed by atoms with van der Waals surface area (Å²) in [6, 6.07) is 13.1. The van der Waals surface area contributed by atoms with Crippen molar-refractivity contribution in [2.45, 2.75) is 6.92 Å². The third kappa shape index (κ3) is 3.57. The van der Waals surface area contributed by atoms with Gasteiger partial charge in [0, 0.05) is 11.6 Å². The second-order valence-electron chi connectivity index (χ2n) is 4.94. The van der Waals surface area contributed by atoms with Gasteiger partial charge >= 0.3 is 0 Å². The standard InChI is InChI=1S/C16H16N4O2S/c1-2-23(21,22)20-13-8-9-15(18-11-13)19-14-7-3-5-12-6-4-10-17-16(12)14/h3-11,20H,2H2,1H3,(H,18,19). The van der Waals surface area contributed by atoms with E-state index in [0.717, 1.165) is 16.6 Å². The van der Waals surface area contributed by atoms with Crippen LogP contribution in [0.15, 0.2) is 54.9 Å². The van der Waals surface area contributed by atoms with Crippen LogP contribution in [0.25, 0.3) is 10.9 Å². The van der Waals surface area contributed by atoms with E-state index in [-0.39, 0.29) is 5.75 Å². The molecule has 0 aliphatic carbocycles. The number of benzene rings is 1. The highest BCUT2D eigenvalue weighted by atomic mass is 32.2. The number of rotatable bonds is 5. The highest BCUT2D eigenvalue weighted by Gasteiger charge is 2.07. The van der Waals surface area contributed by atoms with Gasteiger partial charge in [-0.05, 0) is 31.2 Å². The molecule has 0 bridgehead atoms. The van der Waals surface area contributed by atoms with E-state index in [4.69, 9.17) is 0 Å². The fraction of sp³-hybridized carbons (Fsp3) is 0.125. The Labute approximate surface area is 134 Å². The molecule has 0 amide bonds. The van der Waals surface area contributed by atoms with E-state index in [1.165, 1.54) is 6.20 Å². The molecule has 23 heavy (non-hydrogen) atoms. The second kappa shape index (κ2) is 6.21. The molecule has 1 aromatic carbocycles. The van der Waals surface area contributed by atoms with Crippen molar-refractivity contribution < 1.29 is 8.42 Å². The van der Waals surface area contributed by atoms with Gasteiger partial charge in [-0.1, -0.05) is 18.2 Å². The molecule has 0 atom stereocenters. The summed E-state index contributed by atoms with van der Waals surface area (Å²) in [5, 5.41) is 4.23. The van der Waals surface area contributed by atoms with E-state index >= 15 is 0 Å². The lowest BCUT2D eigenvalue weighted by atomic mass is 10.2. The Kier molecular flexibility index (Phi) is 4.12.